The molecule has 1 aliphatic heterocycles. The second kappa shape index (κ2) is 7.60. The van der Waals surface area contributed by atoms with E-state index in [9.17, 15) is 0 Å². The van der Waals surface area contributed by atoms with Crippen LogP contribution in [0.15, 0.2) is 15.9 Å². The minimum atomic E-state index is 0.683. The maximum atomic E-state index is 5.05. The first-order valence-corrected chi connectivity index (χ1v) is 8.08. The SMILES string of the molecule is COCCNCC1CCCN1Cc1ccc(Br)s1. The highest BCUT2D eigenvalue weighted by molar-refractivity contribution is 9.11. The highest BCUT2D eigenvalue weighted by Crippen LogP contribution is 2.26. The van der Waals surface area contributed by atoms with Gasteiger partial charge in [-0.1, -0.05) is 0 Å². The van der Waals surface area contributed by atoms with Gasteiger partial charge in [0.15, 0.2) is 0 Å². The number of thiophene rings is 1. The van der Waals surface area contributed by atoms with Crippen LogP contribution in [0, 0.1) is 0 Å². The zero-order chi connectivity index (χ0) is 12.8. The molecule has 0 aromatic carbocycles. The molecular formula is C13H21BrN2OS. The topological polar surface area (TPSA) is 24.5 Å². The molecule has 2 heterocycles. The largest absolute Gasteiger partial charge is 0.383 e. The van der Waals surface area contributed by atoms with Crippen LogP contribution in [0.4, 0.5) is 0 Å². The highest BCUT2D eigenvalue weighted by Gasteiger charge is 2.24. The Kier molecular flexibility index (Phi) is 6.11. The van der Waals surface area contributed by atoms with Gasteiger partial charge in [-0.05, 0) is 47.4 Å². The fourth-order valence-corrected chi connectivity index (χ4v) is 3.92. The van der Waals surface area contributed by atoms with Crippen LogP contribution < -0.4 is 5.32 Å². The molecule has 1 aromatic rings. The first kappa shape index (κ1) is 14.5. The maximum Gasteiger partial charge on any atom is 0.0701 e. The van der Waals surface area contributed by atoms with E-state index >= 15 is 0 Å². The van der Waals surface area contributed by atoms with E-state index in [2.05, 4.69) is 38.3 Å². The molecule has 1 atom stereocenters. The molecule has 1 aliphatic rings. The van der Waals surface area contributed by atoms with Crippen molar-refractivity contribution >= 4 is 27.3 Å². The molecule has 0 radical (unpaired) electrons. The number of rotatable bonds is 7. The first-order chi connectivity index (χ1) is 8.79. The molecule has 2 rings (SSSR count). The van der Waals surface area contributed by atoms with Gasteiger partial charge in [0.25, 0.3) is 0 Å². The van der Waals surface area contributed by atoms with Crippen molar-refractivity contribution in [1.82, 2.24) is 10.2 Å². The lowest BCUT2D eigenvalue weighted by Crippen LogP contribution is -2.38. The summed E-state index contributed by atoms with van der Waals surface area (Å²) in [7, 11) is 1.75. The molecule has 1 fully saturated rings. The van der Waals surface area contributed by atoms with Crippen LogP contribution in [0.2, 0.25) is 0 Å². The van der Waals surface area contributed by atoms with Crippen molar-refractivity contribution in [3.8, 4) is 0 Å². The smallest absolute Gasteiger partial charge is 0.0701 e. The number of methoxy groups -OCH3 is 1. The van der Waals surface area contributed by atoms with Gasteiger partial charge in [-0.25, -0.2) is 0 Å². The molecule has 1 aromatic heterocycles. The normalized spacial score (nSPS) is 20.7. The molecule has 5 heteroatoms. The molecule has 102 valence electrons. The van der Waals surface area contributed by atoms with Crippen molar-refractivity contribution in [2.45, 2.75) is 25.4 Å². The Balaban J connectivity index is 1.76. The quantitative estimate of drug-likeness (QED) is 0.777. The Morgan fingerprint density at radius 1 is 1.56 bits per heavy atom. The second-order valence-corrected chi connectivity index (χ2v) is 7.22. The Hall–Kier alpha value is 0.0600. The van der Waals surface area contributed by atoms with Crippen molar-refractivity contribution < 1.29 is 4.74 Å². The average Bonchev–Trinajstić information content (AvgIpc) is 2.95. The molecule has 0 aliphatic carbocycles. The Labute approximate surface area is 122 Å². The summed E-state index contributed by atoms with van der Waals surface area (Å²) in [6, 6.07) is 5.05. The van der Waals surface area contributed by atoms with E-state index in [1.807, 2.05) is 11.3 Å². The molecule has 1 saturated heterocycles. The van der Waals surface area contributed by atoms with Crippen LogP contribution in [0.1, 0.15) is 17.7 Å². The minimum absolute atomic E-state index is 0.683. The highest BCUT2D eigenvalue weighted by atomic mass is 79.9. The zero-order valence-corrected chi connectivity index (χ0v) is 13.2. The van der Waals surface area contributed by atoms with E-state index in [0.29, 0.717) is 6.04 Å². The maximum absolute atomic E-state index is 5.05. The number of hydrogen-bond acceptors (Lipinski definition) is 4. The molecule has 0 spiro atoms. The zero-order valence-electron chi connectivity index (χ0n) is 10.8. The monoisotopic (exact) mass is 332 g/mol. The van der Waals surface area contributed by atoms with Crippen molar-refractivity contribution in [2.24, 2.45) is 0 Å². The molecule has 1 N–H and O–H groups in total. The van der Waals surface area contributed by atoms with E-state index < -0.39 is 0 Å². The van der Waals surface area contributed by atoms with Gasteiger partial charge in [0.1, 0.15) is 0 Å². The molecule has 0 saturated carbocycles. The summed E-state index contributed by atoms with van der Waals surface area (Å²) in [5.74, 6) is 0. The van der Waals surface area contributed by atoms with Crippen molar-refractivity contribution in [1.29, 1.82) is 0 Å². The summed E-state index contributed by atoms with van der Waals surface area (Å²) in [5.41, 5.74) is 0. The Bertz CT molecular complexity index is 359. The predicted molar refractivity (Wildman–Crippen MR) is 80.2 cm³/mol. The summed E-state index contributed by atoms with van der Waals surface area (Å²) >= 11 is 5.37. The van der Waals surface area contributed by atoms with Crippen LogP contribution in [-0.2, 0) is 11.3 Å². The Morgan fingerprint density at radius 3 is 3.17 bits per heavy atom. The first-order valence-electron chi connectivity index (χ1n) is 6.47. The van der Waals surface area contributed by atoms with Gasteiger partial charge in [-0.3, -0.25) is 4.90 Å². The molecule has 18 heavy (non-hydrogen) atoms. The second-order valence-electron chi connectivity index (χ2n) is 4.67. The van der Waals surface area contributed by atoms with Crippen molar-refractivity contribution in [3.05, 3.63) is 20.8 Å². The van der Waals surface area contributed by atoms with Gasteiger partial charge in [0.05, 0.1) is 10.4 Å². The number of nitrogens with one attached hydrogen (secondary N) is 1. The van der Waals surface area contributed by atoms with Crippen molar-refractivity contribution in [3.63, 3.8) is 0 Å². The van der Waals surface area contributed by atoms with Gasteiger partial charge in [0, 0.05) is 37.7 Å². The third kappa shape index (κ3) is 4.31. The van der Waals surface area contributed by atoms with Gasteiger partial charge < -0.3 is 10.1 Å². The molecule has 0 amide bonds. The summed E-state index contributed by atoms with van der Waals surface area (Å²) < 4.78 is 6.28. The lowest BCUT2D eigenvalue weighted by atomic mass is 10.2. The van der Waals surface area contributed by atoms with E-state index in [-0.39, 0.29) is 0 Å². The molecule has 3 nitrogen and oxygen atoms in total. The van der Waals surface area contributed by atoms with Crippen LogP contribution in [0.5, 0.6) is 0 Å². The van der Waals surface area contributed by atoms with E-state index in [0.717, 1.165) is 26.2 Å². The van der Waals surface area contributed by atoms with E-state index in [1.54, 1.807) is 7.11 Å². The van der Waals surface area contributed by atoms with Gasteiger partial charge >= 0.3 is 0 Å². The van der Waals surface area contributed by atoms with Gasteiger partial charge in [-0.15, -0.1) is 11.3 Å². The molecule has 0 bridgehead atoms. The van der Waals surface area contributed by atoms with E-state index in [4.69, 9.17) is 4.74 Å². The standard InChI is InChI=1S/C13H21BrN2OS/c1-17-8-6-15-9-11-3-2-7-16(11)10-12-4-5-13(14)18-12/h4-5,11,15H,2-3,6-10H2,1H3. The molecule has 1 unspecified atom stereocenters. The third-order valence-corrected chi connectivity index (χ3v) is 4.96. The number of ether oxygens (including phenoxy) is 1. The summed E-state index contributed by atoms with van der Waals surface area (Å²) in [4.78, 5) is 4.05. The van der Waals surface area contributed by atoms with Crippen molar-refractivity contribution in [2.75, 3.05) is 33.4 Å². The lowest BCUT2D eigenvalue weighted by molar-refractivity contribution is 0.191. The van der Waals surface area contributed by atoms with Gasteiger partial charge in [-0.2, -0.15) is 0 Å². The fourth-order valence-electron chi connectivity index (χ4n) is 2.41. The number of likely N-dealkylation sites (tertiary alicyclic amines) is 1. The summed E-state index contributed by atoms with van der Waals surface area (Å²) in [5, 5.41) is 3.48. The number of nitrogens with zero attached hydrogens (tertiary/aromatic N) is 1. The average molecular weight is 333 g/mol. The van der Waals surface area contributed by atoms with Gasteiger partial charge in [0.2, 0.25) is 0 Å². The summed E-state index contributed by atoms with van der Waals surface area (Å²) in [6.07, 6.45) is 2.63. The number of hydrogen-bond donors (Lipinski definition) is 1. The molecular weight excluding hydrogens is 312 g/mol. The van der Waals surface area contributed by atoms with E-state index in [1.165, 1.54) is 28.0 Å². The fraction of sp³-hybridized carbons (Fsp3) is 0.692. The lowest BCUT2D eigenvalue weighted by Gasteiger charge is -2.24. The van der Waals surface area contributed by atoms with Crippen LogP contribution >= 0.6 is 27.3 Å². The third-order valence-electron chi connectivity index (χ3n) is 3.35. The summed E-state index contributed by atoms with van der Waals surface area (Å²) in [6.45, 7) is 5.14. The van der Waals surface area contributed by atoms with Crippen LogP contribution in [-0.4, -0.2) is 44.3 Å². The predicted octanol–water partition coefficient (Wildman–Crippen LogP) is 2.71. The van der Waals surface area contributed by atoms with Crippen LogP contribution in [0.3, 0.4) is 0 Å². The van der Waals surface area contributed by atoms with Crippen LogP contribution in [0.25, 0.3) is 0 Å². The number of halogens is 1. The minimum Gasteiger partial charge on any atom is -0.383 e. The Morgan fingerprint density at radius 2 is 2.44 bits per heavy atom.